The molecule has 0 radical (unpaired) electrons. The SMILES string of the molecule is OCCN=Cc1c2ccc[nH]c-2c2ccccc12. The van der Waals surface area contributed by atoms with Gasteiger partial charge in [0.05, 0.1) is 18.8 Å². The van der Waals surface area contributed by atoms with Gasteiger partial charge in [-0.3, -0.25) is 4.99 Å². The number of aromatic nitrogens is 1. The van der Waals surface area contributed by atoms with E-state index in [0.29, 0.717) is 6.54 Å². The third-order valence-electron chi connectivity index (χ3n) is 3.08. The zero-order chi connectivity index (χ0) is 12.4. The van der Waals surface area contributed by atoms with Crippen LogP contribution in [0.2, 0.25) is 0 Å². The molecule has 2 N–H and O–H groups in total. The molecule has 0 atom stereocenters. The molecule has 0 aromatic heterocycles. The largest absolute Gasteiger partial charge is 0.394 e. The van der Waals surface area contributed by atoms with Crippen LogP contribution in [-0.2, 0) is 0 Å². The number of hydrogen-bond acceptors (Lipinski definition) is 2. The number of aliphatic hydroxyl groups is 1. The summed E-state index contributed by atoms with van der Waals surface area (Å²) >= 11 is 0. The number of aromatic amines is 1. The average molecular weight is 238 g/mol. The first-order valence-electron chi connectivity index (χ1n) is 6.00. The fraction of sp³-hybridized carbons (Fsp3) is 0.133. The van der Waals surface area contributed by atoms with Crippen LogP contribution in [0.3, 0.4) is 0 Å². The van der Waals surface area contributed by atoms with Crippen LogP contribution in [0.1, 0.15) is 5.56 Å². The second-order valence-electron chi connectivity index (χ2n) is 4.18. The molecule has 0 fully saturated rings. The summed E-state index contributed by atoms with van der Waals surface area (Å²) in [6.45, 7) is 0.525. The summed E-state index contributed by atoms with van der Waals surface area (Å²) in [5, 5.41) is 11.2. The van der Waals surface area contributed by atoms with Gasteiger partial charge in [0.25, 0.3) is 0 Å². The molecule has 0 saturated carbocycles. The van der Waals surface area contributed by atoms with Gasteiger partial charge in [-0.05, 0) is 11.5 Å². The minimum Gasteiger partial charge on any atom is -0.394 e. The maximum absolute atomic E-state index is 8.80. The van der Waals surface area contributed by atoms with Crippen LogP contribution >= 0.6 is 0 Å². The van der Waals surface area contributed by atoms with E-state index in [1.807, 2.05) is 30.6 Å². The lowest BCUT2D eigenvalue weighted by atomic mass is 10.1. The number of rotatable bonds is 3. The number of aliphatic hydroxyl groups excluding tert-OH is 1. The molecule has 3 rings (SSSR count). The van der Waals surface area contributed by atoms with Crippen molar-refractivity contribution in [1.29, 1.82) is 0 Å². The molecule has 18 heavy (non-hydrogen) atoms. The van der Waals surface area contributed by atoms with E-state index in [4.69, 9.17) is 5.11 Å². The molecule has 0 amide bonds. The Bertz CT molecular complexity index is 669. The van der Waals surface area contributed by atoms with Gasteiger partial charge < -0.3 is 10.1 Å². The summed E-state index contributed by atoms with van der Waals surface area (Å²) in [5.41, 5.74) is 3.42. The van der Waals surface area contributed by atoms with Crippen molar-refractivity contribution in [1.82, 2.24) is 4.98 Å². The van der Waals surface area contributed by atoms with E-state index >= 15 is 0 Å². The summed E-state index contributed by atoms with van der Waals surface area (Å²) in [6.07, 6.45) is 3.79. The second-order valence-corrected chi connectivity index (χ2v) is 4.18. The third-order valence-corrected chi connectivity index (χ3v) is 3.08. The van der Waals surface area contributed by atoms with E-state index in [1.165, 1.54) is 16.3 Å². The molecule has 3 nitrogen and oxygen atoms in total. The molecule has 0 saturated heterocycles. The van der Waals surface area contributed by atoms with E-state index in [9.17, 15) is 0 Å². The van der Waals surface area contributed by atoms with Crippen LogP contribution < -0.4 is 0 Å². The Morgan fingerprint density at radius 1 is 1.11 bits per heavy atom. The van der Waals surface area contributed by atoms with E-state index in [2.05, 4.69) is 28.2 Å². The maximum atomic E-state index is 8.80. The van der Waals surface area contributed by atoms with Crippen molar-refractivity contribution < 1.29 is 5.11 Å². The summed E-state index contributed by atoms with van der Waals surface area (Å²) in [6, 6.07) is 12.4. The van der Waals surface area contributed by atoms with Crippen LogP contribution in [0.15, 0.2) is 47.6 Å². The molecule has 1 aliphatic carbocycles. The molecule has 1 aliphatic heterocycles. The van der Waals surface area contributed by atoms with Gasteiger partial charge in [0.2, 0.25) is 0 Å². The highest BCUT2D eigenvalue weighted by molar-refractivity contribution is 6.14. The van der Waals surface area contributed by atoms with Gasteiger partial charge in [-0.1, -0.05) is 30.3 Å². The molecule has 1 aromatic carbocycles. The van der Waals surface area contributed by atoms with Crippen LogP contribution in [0.4, 0.5) is 0 Å². The highest BCUT2D eigenvalue weighted by Gasteiger charge is 2.15. The molecule has 1 heterocycles. The lowest BCUT2D eigenvalue weighted by molar-refractivity contribution is 0.307. The Labute approximate surface area is 105 Å². The quantitative estimate of drug-likeness (QED) is 0.677. The highest BCUT2D eigenvalue weighted by atomic mass is 16.3. The average Bonchev–Trinajstić information content (AvgIpc) is 2.74. The third kappa shape index (κ3) is 1.69. The lowest BCUT2D eigenvalue weighted by Gasteiger charge is -1.99. The Hall–Kier alpha value is -2.13. The molecule has 3 heteroatoms. The van der Waals surface area contributed by atoms with Gasteiger partial charge in [0.1, 0.15) is 0 Å². The molecule has 1 aromatic rings. The predicted octanol–water partition coefficient (Wildman–Crippen LogP) is 2.68. The van der Waals surface area contributed by atoms with Gasteiger partial charge in [0, 0.05) is 28.9 Å². The van der Waals surface area contributed by atoms with Crippen LogP contribution in [0.25, 0.3) is 22.0 Å². The maximum Gasteiger partial charge on any atom is 0.0626 e. The van der Waals surface area contributed by atoms with Crippen LogP contribution in [0.5, 0.6) is 0 Å². The monoisotopic (exact) mass is 238 g/mol. The minimum atomic E-state index is 0.0825. The Morgan fingerprint density at radius 3 is 2.78 bits per heavy atom. The number of hydrogen-bond donors (Lipinski definition) is 2. The van der Waals surface area contributed by atoms with Crippen molar-refractivity contribution in [2.75, 3.05) is 13.2 Å². The molecule has 2 aliphatic rings. The minimum absolute atomic E-state index is 0.0825. The molecular weight excluding hydrogens is 224 g/mol. The van der Waals surface area contributed by atoms with Crippen molar-refractivity contribution >= 4 is 17.0 Å². The number of nitrogens with one attached hydrogen (secondary N) is 1. The van der Waals surface area contributed by atoms with E-state index in [1.54, 1.807) is 0 Å². The van der Waals surface area contributed by atoms with Crippen molar-refractivity contribution in [2.45, 2.75) is 0 Å². The molecule has 0 spiro atoms. The zero-order valence-corrected chi connectivity index (χ0v) is 9.93. The normalized spacial score (nSPS) is 11.8. The summed E-state index contributed by atoms with van der Waals surface area (Å²) < 4.78 is 0. The topological polar surface area (TPSA) is 48.4 Å². The van der Waals surface area contributed by atoms with Crippen LogP contribution in [0, 0.1) is 0 Å². The van der Waals surface area contributed by atoms with Gasteiger partial charge in [-0.2, -0.15) is 0 Å². The van der Waals surface area contributed by atoms with Crippen molar-refractivity contribution in [2.24, 2.45) is 4.99 Å². The second kappa shape index (κ2) is 4.63. The number of nitrogens with zero attached hydrogens (tertiary/aromatic N) is 1. The van der Waals surface area contributed by atoms with Crippen molar-refractivity contribution in [3.8, 4) is 11.3 Å². The van der Waals surface area contributed by atoms with Crippen LogP contribution in [-0.4, -0.2) is 29.5 Å². The fourth-order valence-electron chi connectivity index (χ4n) is 2.32. The van der Waals surface area contributed by atoms with Gasteiger partial charge in [0.15, 0.2) is 0 Å². The molecule has 0 unspecified atom stereocenters. The Morgan fingerprint density at radius 2 is 1.94 bits per heavy atom. The number of aliphatic imine (C=N–C) groups is 1. The lowest BCUT2D eigenvalue weighted by Crippen LogP contribution is -1.90. The fourth-order valence-corrected chi connectivity index (χ4v) is 2.32. The Kier molecular flexibility index (Phi) is 2.82. The first-order valence-corrected chi connectivity index (χ1v) is 6.00. The number of pyridine rings is 1. The number of benzene rings is 1. The Balaban J connectivity index is 2.26. The highest BCUT2D eigenvalue weighted by Crippen LogP contribution is 2.36. The smallest absolute Gasteiger partial charge is 0.0626 e. The number of fused-ring (bicyclic) bond motifs is 3. The van der Waals surface area contributed by atoms with E-state index in [-0.39, 0.29) is 6.61 Å². The molecule has 90 valence electrons. The van der Waals surface area contributed by atoms with E-state index in [0.717, 1.165) is 11.3 Å². The first-order chi connectivity index (χ1) is 8.92. The van der Waals surface area contributed by atoms with Crippen molar-refractivity contribution in [3.05, 3.63) is 48.2 Å². The standard InChI is InChI=1S/C15H14N2O/c18-9-8-16-10-14-11-4-1-2-5-12(11)15-13(14)6-3-7-17-15/h1-7,10,17-18H,8-9H2. The van der Waals surface area contributed by atoms with Gasteiger partial charge >= 0.3 is 0 Å². The predicted molar refractivity (Wildman–Crippen MR) is 74.5 cm³/mol. The van der Waals surface area contributed by atoms with Crippen molar-refractivity contribution in [3.63, 3.8) is 0 Å². The summed E-state index contributed by atoms with van der Waals surface area (Å²) in [4.78, 5) is 7.54. The molecular formula is C15H14N2O. The summed E-state index contributed by atoms with van der Waals surface area (Å²) in [5.74, 6) is 0. The van der Waals surface area contributed by atoms with E-state index < -0.39 is 0 Å². The van der Waals surface area contributed by atoms with Gasteiger partial charge in [-0.15, -0.1) is 0 Å². The first kappa shape index (κ1) is 11.0. The zero-order valence-electron chi connectivity index (χ0n) is 9.93. The molecule has 0 bridgehead atoms. The van der Waals surface area contributed by atoms with Gasteiger partial charge in [-0.25, -0.2) is 0 Å². The number of H-pyrrole nitrogens is 1. The summed E-state index contributed by atoms with van der Waals surface area (Å²) in [7, 11) is 0.